The first kappa shape index (κ1) is 14.0. The van der Waals surface area contributed by atoms with Crippen molar-refractivity contribution in [3.8, 4) is 0 Å². The van der Waals surface area contributed by atoms with Crippen LogP contribution >= 0.6 is 34.8 Å². The van der Waals surface area contributed by atoms with E-state index in [2.05, 4.69) is 12.2 Å². The summed E-state index contributed by atoms with van der Waals surface area (Å²) in [6.07, 6.45) is 5.48. The van der Waals surface area contributed by atoms with Crippen LogP contribution in [0.25, 0.3) is 0 Å². The average Bonchev–Trinajstić information content (AvgIpc) is 3.26. The molecule has 0 aromatic heterocycles. The van der Waals surface area contributed by atoms with Gasteiger partial charge in [0.2, 0.25) is 0 Å². The van der Waals surface area contributed by atoms with Gasteiger partial charge in [0.1, 0.15) is 0 Å². The largest absolute Gasteiger partial charge is 0.307 e. The van der Waals surface area contributed by atoms with Crippen molar-refractivity contribution in [1.29, 1.82) is 0 Å². The molecule has 1 nitrogen and oxygen atoms in total. The molecule has 0 heterocycles. The molecule has 0 radical (unpaired) electrons. The maximum atomic E-state index is 6.31. The van der Waals surface area contributed by atoms with E-state index in [0.29, 0.717) is 21.1 Å². The van der Waals surface area contributed by atoms with Crippen molar-refractivity contribution >= 4 is 34.8 Å². The summed E-state index contributed by atoms with van der Waals surface area (Å²) in [7, 11) is 0. The van der Waals surface area contributed by atoms with Gasteiger partial charge in [-0.2, -0.15) is 0 Å². The van der Waals surface area contributed by atoms with Crippen molar-refractivity contribution in [1.82, 2.24) is 5.32 Å². The van der Waals surface area contributed by atoms with Crippen molar-refractivity contribution in [2.45, 2.75) is 44.7 Å². The van der Waals surface area contributed by atoms with E-state index in [1.54, 1.807) is 0 Å². The molecule has 0 amide bonds. The standard InChI is InChI=1S/C15H18Cl3N/c1-8(11-6-7-12(16)14(18)13(11)17)19-15(9-2-3-9)10-4-5-10/h6-10,15,19H,2-5H2,1H3. The first-order valence-electron chi connectivity index (χ1n) is 6.97. The van der Waals surface area contributed by atoms with Gasteiger partial charge in [0.05, 0.1) is 15.1 Å². The summed E-state index contributed by atoms with van der Waals surface area (Å²) in [4.78, 5) is 0. The maximum absolute atomic E-state index is 6.31. The fraction of sp³-hybridized carbons (Fsp3) is 0.600. The molecule has 1 atom stereocenters. The van der Waals surface area contributed by atoms with Gasteiger partial charge >= 0.3 is 0 Å². The number of hydrogen-bond donors (Lipinski definition) is 1. The third kappa shape index (κ3) is 3.05. The minimum atomic E-state index is 0.216. The summed E-state index contributed by atoms with van der Waals surface area (Å²) in [5, 5.41) is 5.32. The highest BCUT2D eigenvalue weighted by Gasteiger charge is 2.41. The molecule has 1 N–H and O–H groups in total. The molecule has 1 aromatic rings. The monoisotopic (exact) mass is 317 g/mol. The summed E-state index contributed by atoms with van der Waals surface area (Å²) < 4.78 is 0. The highest BCUT2D eigenvalue weighted by molar-refractivity contribution is 6.48. The van der Waals surface area contributed by atoms with Crippen LogP contribution in [0.1, 0.15) is 44.2 Å². The topological polar surface area (TPSA) is 12.0 Å². The number of benzene rings is 1. The second kappa shape index (κ2) is 5.44. The van der Waals surface area contributed by atoms with E-state index in [-0.39, 0.29) is 6.04 Å². The van der Waals surface area contributed by atoms with Crippen molar-refractivity contribution < 1.29 is 0 Å². The Kier molecular flexibility index (Phi) is 4.01. The summed E-state index contributed by atoms with van der Waals surface area (Å²) in [6, 6.07) is 4.67. The summed E-state index contributed by atoms with van der Waals surface area (Å²) >= 11 is 18.4. The fourth-order valence-corrected chi connectivity index (χ4v) is 3.53. The Morgan fingerprint density at radius 1 is 1.00 bits per heavy atom. The molecule has 2 aliphatic rings. The zero-order valence-corrected chi connectivity index (χ0v) is 13.2. The Hall–Kier alpha value is 0.0500. The van der Waals surface area contributed by atoms with Crippen LogP contribution in [0.2, 0.25) is 15.1 Å². The first-order chi connectivity index (χ1) is 9.08. The lowest BCUT2D eigenvalue weighted by Crippen LogP contribution is -2.35. The van der Waals surface area contributed by atoms with Crippen LogP contribution in [0.15, 0.2) is 12.1 Å². The molecule has 2 aliphatic carbocycles. The lowest BCUT2D eigenvalue weighted by Gasteiger charge is -2.24. The fourth-order valence-electron chi connectivity index (χ4n) is 2.82. The maximum Gasteiger partial charge on any atom is 0.0781 e. The van der Waals surface area contributed by atoms with Crippen LogP contribution in [-0.4, -0.2) is 6.04 Å². The lowest BCUT2D eigenvalue weighted by molar-refractivity contribution is 0.377. The van der Waals surface area contributed by atoms with E-state index >= 15 is 0 Å². The Morgan fingerprint density at radius 2 is 1.58 bits per heavy atom. The number of nitrogens with one attached hydrogen (secondary N) is 1. The zero-order chi connectivity index (χ0) is 13.6. The van der Waals surface area contributed by atoms with Gasteiger partial charge in [0.25, 0.3) is 0 Å². The van der Waals surface area contributed by atoms with Crippen molar-refractivity contribution in [2.75, 3.05) is 0 Å². The Balaban J connectivity index is 1.75. The molecular weight excluding hydrogens is 301 g/mol. The predicted molar refractivity (Wildman–Crippen MR) is 82.3 cm³/mol. The normalized spacial score (nSPS) is 20.9. The Morgan fingerprint density at radius 3 is 2.11 bits per heavy atom. The summed E-state index contributed by atoms with van der Waals surface area (Å²) in [6.45, 7) is 2.16. The molecular formula is C15H18Cl3N. The van der Waals surface area contributed by atoms with E-state index < -0.39 is 0 Å². The molecule has 0 saturated heterocycles. The highest BCUT2D eigenvalue weighted by Crippen LogP contribution is 2.45. The van der Waals surface area contributed by atoms with Crippen LogP contribution in [0, 0.1) is 11.8 Å². The molecule has 3 rings (SSSR count). The second-order valence-corrected chi connectivity index (χ2v) is 7.02. The van der Waals surface area contributed by atoms with Crippen LogP contribution in [0.3, 0.4) is 0 Å². The van der Waals surface area contributed by atoms with E-state index in [4.69, 9.17) is 34.8 Å². The highest BCUT2D eigenvalue weighted by atomic mass is 35.5. The summed E-state index contributed by atoms with van der Waals surface area (Å²) in [5.74, 6) is 1.74. The van der Waals surface area contributed by atoms with Gasteiger partial charge in [-0.1, -0.05) is 40.9 Å². The first-order valence-corrected chi connectivity index (χ1v) is 8.10. The molecule has 104 valence electrons. The number of rotatable bonds is 5. The second-order valence-electron chi connectivity index (χ2n) is 5.85. The van der Waals surface area contributed by atoms with Gasteiger partial charge in [0, 0.05) is 12.1 Å². The molecule has 0 spiro atoms. The van der Waals surface area contributed by atoms with Gasteiger partial charge in [-0.3, -0.25) is 0 Å². The van der Waals surface area contributed by atoms with Gasteiger partial charge in [-0.05, 0) is 56.1 Å². The molecule has 0 bridgehead atoms. The number of halogens is 3. The minimum absolute atomic E-state index is 0.216. The summed E-state index contributed by atoms with van der Waals surface area (Å²) in [5.41, 5.74) is 1.04. The minimum Gasteiger partial charge on any atom is -0.307 e. The third-order valence-corrected chi connectivity index (χ3v) is 5.54. The van der Waals surface area contributed by atoms with Gasteiger partial charge in [-0.25, -0.2) is 0 Å². The van der Waals surface area contributed by atoms with E-state index in [1.807, 2.05) is 12.1 Å². The van der Waals surface area contributed by atoms with Crippen molar-refractivity contribution in [3.05, 3.63) is 32.8 Å². The van der Waals surface area contributed by atoms with Crippen LogP contribution < -0.4 is 5.32 Å². The Labute approximate surface area is 129 Å². The molecule has 2 saturated carbocycles. The third-order valence-electron chi connectivity index (χ3n) is 4.23. The quantitative estimate of drug-likeness (QED) is 0.708. The zero-order valence-electron chi connectivity index (χ0n) is 10.9. The smallest absolute Gasteiger partial charge is 0.0781 e. The van der Waals surface area contributed by atoms with E-state index in [1.165, 1.54) is 25.7 Å². The van der Waals surface area contributed by atoms with Crippen molar-refractivity contribution in [2.24, 2.45) is 11.8 Å². The number of hydrogen-bond acceptors (Lipinski definition) is 1. The molecule has 2 fully saturated rings. The van der Waals surface area contributed by atoms with Crippen LogP contribution in [-0.2, 0) is 0 Å². The molecule has 0 aliphatic heterocycles. The molecule has 1 unspecified atom stereocenters. The van der Waals surface area contributed by atoms with E-state index in [0.717, 1.165) is 17.4 Å². The molecule has 19 heavy (non-hydrogen) atoms. The van der Waals surface area contributed by atoms with Crippen molar-refractivity contribution in [3.63, 3.8) is 0 Å². The predicted octanol–water partition coefficient (Wildman–Crippen LogP) is 5.49. The lowest BCUT2D eigenvalue weighted by atomic mass is 10.0. The van der Waals surface area contributed by atoms with Gasteiger partial charge in [-0.15, -0.1) is 0 Å². The molecule has 1 aromatic carbocycles. The van der Waals surface area contributed by atoms with Crippen LogP contribution in [0.5, 0.6) is 0 Å². The van der Waals surface area contributed by atoms with Gasteiger partial charge in [0.15, 0.2) is 0 Å². The van der Waals surface area contributed by atoms with Crippen LogP contribution in [0.4, 0.5) is 0 Å². The van der Waals surface area contributed by atoms with Gasteiger partial charge < -0.3 is 5.32 Å². The van der Waals surface area contributed by atoms with E-state index in [9.17, 15) is 0 Å². The SMILES string of the molecule is CC(NC(C1CC1)C1CC1)c1ccc(Cl)c(Cl)c1Cl. The Bertz CT molecular complexity index is 469. The molecule has 4 heteroatoms. The average molecular weight is 319 g/mol.